The Morgan fingerprint density at radius 1 is 1.69 bits per heavy atom. The fourth-order valence-electron chi connectivity index (χ4n) is 1.80. The molecular formula is C11H14BrClN2S. The van der Waals surface area contributed by atoms with Crippen molar-refractivity contribution in [2.24, 2.45) is 0 Å². The van der Waals surface area contributed by atoms with Gasteiger partial charge in [-0.2, -0.15) is 11.8 Å². The Morgan fingerprint density at radius 2 is 2.50 bits per heavy atom. The second kappa shape index (κ2) is 5.61. The summed E-state index contributed by atoms with van der Waals surface area (Å²) >= 11 is 11.5. The maximum Gasteiger partial charge on any atom is 0.143 e. The molecule has 0 N–H and O–H groups in total. The first-order valence-corrected chi connectivity index (χ1v) is 7.60. The van der Waals surface area contributed by atoms with E-state index in [2.05, 4.69) is 44.5 Å². The van der Waals surface area contributed by atoms with Gasteiger partial charge in [-0.1, -0.05) is 18.5 Å². The fraction of sp³-hybridized carbons (Fsp3) is 0.545. The first kappa shape index (κ1) is 12.5. The number of hydrogen-bond donors (Lipinski definition) is 0. The molecule has 1 unspecified atom stereocenters. The van der Waals surface area contributed by atoms with Crippen molar-refractivity contribution in [2.45, 2.75) is 18.6 Å². The van der Waals surface area contributed by atoms with E-state index in [4.69, 9.17) is 11.6 Å². The molecule has 1 aromatic heterocycles. The summed E-state index contributed by atoms with van der Waals surface area (Å²) < 4.78 is 0.988. The lowest BCUT2D eigenvalue weighted by molar-refractivity contribution is 0.719. The maximum atomic E-state index is 5.90. The smallest absolute Gasteiger partial charge is 0.143 e. The SMILES string of the molecule is CCC1CN(c2ncc(Cl)cc2Br)CCS1. The van der Waals surface area contributed by atoms with Crippen molar-refractivity contribution in [3.63, 3.8) is 0 Å². The summed E-state index contributed by atoms with van der Waals surface area (Å²) in [7, 11) is 0. The number of rotatable bonds is 2. The highest BCUT2D eigenvalue weighted by atomic mass is 79.9. The maximum absolute atomic E-state index is 5.90. The zero-order chi connectivity index (χ0) is 11.5. The van der Waals surface area contributed by atoms with Crippen LogP contribution in [0.2, 0.25) is 5.02 Å². The van der Waals surface area contributed by atoms with Gasteiger partial charge in [0, 0.05) is 30.3 Å². The van der Waals surface area contributed by atoms with Gasteiger partial charge in [0.25, 0.3) is 0 Å². The van der Waals surface area contributed by atoms with Crippen LogP contribution in [0, 0.1) is 0 Å². The van der Waals surface area contributed by atoms with Crippen LogP contribution in [-0.4, -0.2) is 29.1 Å². The summed E-state index contributed by atoms with van der Waals surface area (Å²) in [4.78, 5) is 6.75. The molecule has 88 valence electrons. The standard InChI is InChI=1S/C11H14BrClN2S/c1-2-9-7-15(3-4-16-9)11-10(12)5-8(13)6-14-11/h5-6,9H,2-4,7H2,1H3. The Morgan fingerprint density at radius 3 is 3.19 bits per heavy atom. The first-order valence-electron chi connectivity index (χ1n) is 5.38. The van der Waals surface area contributed by atoms with Crippen LogP contribution in [0.4, 0.5) is 5.82 Å². The highest BCUT2D eigenvalue weighted by Crippen LogP contribution is 2.30. The van der Waals surface area contributed by atoms with E-state index in [9.17, 15) is 0 Å². The molecular weight excluding hydrogens is 308 g/mol. The number of aromatic nitrogens is 1. The van der Waals surface area contributed by atoms with E-state index in [1.54, 1.807) is 6.20 Å². The third kappa shape index (κ3) is 2.84. The molecule has 0 aromatic carbocycles. The van der Waals surface area contributed by atoms with Gasteiger partial charge >= 0.3 is 0 Å². The molecule has 0 amide bonds. The van der Waals surface area contributed by atoms with E-state index >= 15 is 0 Å². The minimum absolute atomic E-state index is 0.675. The fourth-order valence-corrected chi connectivity index (χ4v) is 3.87. The van der Waals surface area contributed by atoms with Gasteiger partial charge in [-0.3, -0.25) is 0 Å². The number of thioether (sulfide) groups is 1. The molecule has 0 spiro atoms. The Bertz CT molecular complexity index is 375. The second-order valence-electron chi connectivity index (χ2n) is 3.81. The molecule has 1 aliphatic heterocycles. The van der Waals surface area contributed by atoms with Crippen LogP contribution in [0.25, 0.3) is 0 Å². The summed E-state index contributed by atoms with van der Waals surface area (Å²) in [6.07, 6.45) is 2.93. The molecule has 2 rings (SSSR count). The average Bonchev–Trinajstić information content (AvgIpc) is 2.29. The molecule has 0 saturated carbocycles. The summed E-state index contributed by atoms with van der Waals surface area (Å²) in [6.45, 7) is 4.38. The van der Waals surface area contributed by atoms with Crippen molar-refractivity contribution < 1.29 is 0 Å². The molecule has 1 fully saturated rings. The predicted molar refractivity (Wildman–Crippen MR) is 75.7 cm³/mol. The van der Waals surface area contributed by atoms with Crippen LogP contribution in [0.3, 0.4) is 0 Å². The molecule has 1 aliphatic rings. The van der Waals surface area contributed by atoms with Crippen molar-refractivity contribution in [1.82, 2.24) is 4.98 Å². The van der Waals surface area contributed by atoms with Crippen LogP contribution in [-0.2, 0) is 0 Å². The monoisotopic (exact) mass is 320 g/mol. The van der Waals surface area contributed by atoms with Crippen molar-refractivity contribution in [3.8, 4) is 0 Å². The summed E-state index contributed by atoms with van der Waals surface area (Å²) in [5.74, 6) is 2.19. The minimum Gasteiger partial charge on any atom is -0.354 e. The van der Waals surface area contributed by atoms with Gasteiger partial charge in [-0.15, -0.1) is 0 Å². The van der Waals surface area contributed by atoms with E-state index in [-0.39, 0.29) is 0 Å². The van der Waals surface area contributed by atoms with Crippen molar-refractivity contribution in [3.05, 3.63) is 21.8 Å². The number of hydrogen-bond acceptors (Lipinski definition) is 3. The van der Waals surface area contributed by atoms with E-state index in [1.807, 2.05) is 6.07 Å². The molecule has 2 nitrogen and oxygen atoms in total. The van der Waals surface area contributed by atoms with Gasteiger partial charge in [0.05, 0.1) is 9.50 Å². The molecule has 16 heavy (non-hydrogen) atoms. The molecule has 0 radical (unpaired) electrons. The number of halogens is 2. The quantitative estimate of drug-likeness (QED) is 0.823. The zero-order valence-corrected chi connectivity index (χ0v) is 12.3. The van der Waals surface area contributed by atoms with E-state index in [1.165, 1.54) is 12.2 Å². The lowest BCUT2D eigenvalue weighted by atomic mass is 10.3. The van der Waals surface area contributed by atoms with Gasteiger partial charge in [-0.05, 0) is 28.4 Å². The molecule has 0 aliphatic carbocycles. The minimum atomic E-state index is 0.675. The van der Waals surface area contributed by atoms with Crippen LogP contribution in [0.15, 0.2) is 16.7 Å². The zero-order valence-electron chi connectivity index (χ0n) is 9.12. The van der Waals surface area contributed by atoms with Crippen molar-refractivity contribution >= 4 is 45.1 Å². The molecule has 1 saturated heterocycles. The molecule has 1 atom stereocenters. The third-order valence-corrected chi connectivity index (χ3v) is 4.84. The lowest BCUT2D eigenvalue weighted by Gasteiger charge is -2.33. The van der Waals surface area contributed by atoms with E-state index in [0.717, 1.165) is 28.6 Å². The Hall–Kier alpha value is 0.0700. The highest BCUT2D eigenvalue weighted by molar-refractivity contribution is 9.10. The van der Waals surface area contributed by atoms with Crippen LogP contribution in [0.1, 0.15) is 13.3 Å². The Balaban J connectivity index is 2.16. The van der Waals surface area contributed by atoms with Crippen LogP contribution < -0.4 is 4.90 Å². The molecule has 0 bridgehead atoms. The normalized spacial score (nSPS) is 21.2. The summed E-state index contributed by atoms with van der Waals surface area (Å²) in [6, 6.07) is 1.91. The number of nitrogens with zero attached hydrogens (tertiary/aromatic N) is 2. The molecule has 2 heterocycles. The number of pyridine rings is 1. The topological polar surface area (TPSA) is 16.1 Å². The molecule has 1 aromatic rings. The van der Waals surface area contributed by atoms with Gasteiger partial charge in [0.15, 0.2) is 0 Å². The highest BCUT2D eigenvalue weighted by Gasteiger charge is 2.21. The van der Waals surface area contributed by atoms with E-state index < -0.39 is 0 Å². The Labute approximate surface area is 114 Å². The second-order valence-corrected chi connectivity index (χ2v) is 6.51. The third-order valence-electron chi connectivity index (χ3n) is 2.68. The lowest BCUT2D eigenvalue weighted by Crippen LogP contribution is -2.38. The van der Waals surface area contributed by atoms with Crippen molar-refractivity contribution in [2.75, 3.05) is 23.7 Å². The summed E-state index contributed by atoms with van der Waals surface area (Å²) in [5, 5.41) is 1.40. The van der Waals surface area contributed by atoms with Crippen LogP contribution in [0.5, 0.6) is 0 Å². The Kier molecular flexibility index (Phi) is 4.39. The van der Waals surface area contributed by atoms with E-state index in [0.29, 0.717) is 5.02 Å². The largest absolute Gasteiger partial charge is 0.354 e. The van der Waals surface area contributed by atoms with Gasteiger partial charge in [-0.25, -0.2) is 4.98 Å². The first-order chi connectivity index (χ1) is 7.70. The van der Waals surface area contributed by atoms with Gasteiger partial charge < -0.3 is 4.90 Å². The molecule has 5 heteroatoms. The predicted octanol–water partition coefficient (Wildman–Crippen LogP) is 3.83. The average molecular weight is 322 g/mol. The van der Waals surface area contributed by atoms with Gasteiger partial charge in [0.1, 0.15) is 5.82 Å². The summed E-state index contributed by atoms with van der Waals surface area (Å²) in [5.41, 5.74) is 0. The van der Waals surface area contributed by atoms with Gasteiger partial charge in [0.2, 0.25) is 0 Å². The van der Waals surface area contributed by atoms with Crippen molar-refractivity contribution in [1.29, 1.82) is 0 Å². The number of anilines is 1. The van der Waals surface area contributed by atoms with Crippen LogP contribution >= 0.6 is 39.3 Å².